The van der Waals surface area contributed by atoms with Gasteiger partial charge in [0.05, 0.1) is 17.7 Å². The number of thioether (sulfide) groups is 1. The van der Waals surface area contributed by atoms with E-state index in [1.54, 1.807) is 12.0 Å². The van der Waals surface area contributed by atoms with Gasteiger partial charge in [0.1, 0.15) is 6.61 Å². The van der Waals surface area contributed by atoms with Gasteiger partial charge in [0.25, 0.3) is 5.91 Å². The van der Waals surface area contributed by atoms with E-state index in [1.807, 2.05) is 73.7 Å². The first-order chi connectivity index (χ1) is 19.1. The zero-order valence-electron chi connectivity index (χ0n) is 22.5. The van der Waals surface area contributed by atoms with Crippen LogP contribution >= 0.6 is 11.8 Å². The molecule has 5 rings (SSSR count). The summed E-state index contributed by atoms with van der Waals surface area (Å²) in [4.78, 5) is 20.8. The van der Waals surface area contributed by atoms with Gasteiger partial charge < -0.3 is 9.47 Å². The van der Waals surface area contributed by atoms with E-state index < -0.39 is 0 Å². The molecule has 0 bridgehead atoms. The molecule has 1 saturated heterocycles. The molecule has 1 aliphatic heterocycles. The maximum absolute atomic E-state index is 13.5. The lowest BCUT2D eigenvalue weighted by Crippen LogP contribution is -2.30. The summed E-state index contributed by atoms with van der Waals surface area (Å²) in [7, 11) is 1.63. The summed E-state index contributed by atoms with van der Waals surface area (Å²) < 4.78 is 12.0. The monoisotopic (exact) mass is 536 g/mol. The van der Waals surface area contributed by atoms with Crippen LogP contribution in [0.1, 0.15) is 36.5 Å². The Kier molecular flexibility index (Phi) is 8.33. The number of nitrogens with zero attached hydrogens (tertiary/aromatic N) is 2. The second kappa shape index (κ2) is 12.2. The van der Waals surface area contributed by atoms with Crippen LogP contribution in [0.4, 0.5) is 5.69 Å². The minimum absolute atomic E-state index is 0.0397. The highest BCUT2D eigenvalue weighted by Gasteiger charge is 2.33. The first kappa shape index (κ1) is 26.6. The predicted octanol–water partition coefficient (Wildman–Crippen LogP) is 8.14. The number of ether oxygens (including phenoxy) is 2. The Labute approximate surface area is 234 Å². The zero-order chi connectivity index (χ0) is 27.2. The molecule has 0 unspecified atom stereocenters. The lowest BCUT2D eigenvalue weighted by atomic mass is 10.1. The number of methoxy groups -OCH3 is 1. The molecule has 0 spiro atoms. The van der Waals surface area contributed by atoms with Crippen LogP contribution in [0, 0.1) is 6.92 Å². The van der Waals surface area contributed by atoms with Crippen LogP contribution in [-0.4, -0.2) is 29.6 Å². The Morgan fingerprint density at radius 1 is 0.949 bits per heavy atom. The van der Waals surface area contributed by atoms with Crippen molar-refractivity contribution in [3.8, 4) is 11.5 Å². The third-order valence-corrected chi connectivity index (χ3v) is 7.66. The molecule has 0 N–H and O–H groups in total. The maximum Gasteiger partial charge on any atom is 0.266 e. The highest BCUT2D eigenvalue weighted by molar-refractivity contribution is 8.18. The lowest BCUT2D eigenvalue weighted by Gasteiger charge is -2.15. The van der Waals surface area contributed by atoms with Crippen molar-refractivity contribution in [1.82, 2.24) is 4.90 Å². The van der Waals surface area contributed by atoms with Crippen molar-refractivity contribution < 1.29 is 14.3 Å². The summed E-state index contributed by atoms with van der Waals surface area (Å²) in [6.07, 6.45) is 3.79. The third kappa shape index (κ3) is 6.02. The number of fused-ring (bicyclic) bond motifs is 1. The van der Waals surface area contributed by atoms with Crippen molar-refractivity contribution >= 4 is 45.4 Å². The second-order valence-electron chi connectivity index (χ2n) is 9.46. The van der Waals surface area contributed by atoms with Crippen LogP contribution < -0.4 is 9.47 Å². The maximum atomic E-state index is 13.5. The molecule has 6 heteroatoms. The van der Waals surface area contributed by atoms with Crippen LogP contribution in [-0.2, 0) is 11.4 Å². The van der Waals surface area contributed by atoms with E-state index in [0.717, 1.165) is 35.0 Å². The van der Waals surface area contributed by atoms with E-state index in [0.29, 0.717) is 34.7 Å². The molecular weight excluding hydrogens is 504 g/mol. The van der Waals surface area contributed by atoms with Crippen LogP contribution in [0.15, 0.2) is 94.8 Å². The van der Waals surface area contributed by atoms with Gasteiger partial charge in [-0.25, -0.2) is 4.99 Å². The van der Waals surface area contributed by atoms with E-state index in [-0.39, 0.29) is 5.91 Å². The number of aryl methyl sites for hydroxylation is 1. The number of unbranched alkanes of at least 4 members (excludes halogenated alkanes) is 1. The number of rotatable bonds is 9. The van der Waals surface area contributed by atoms with Gasteiger partial charge in [-0.3, -0.25) is 9.69 Å². The van der Waals surface area contributed by atoms with Crippen LogP contribution in [0.3, 0.4) is 0 Å². The Balaban J connectivity index is 1.47. The smallest absolute Gasteiger partial charge is 0.266 e. The molecule has 4 aromatic rings. The first-order valence-electron chi connectivity index (χ1n) is 13.2. The number of carbonyl (C=O) groups excluding carboxylic acids is 1. The van der Waals surface area contributed by atoms with Crippen molar-refractivity contribution in [1.29, 1.82) is 0 Å². The van der Waals surface area contributed by atoms with Crippen molar-refractivity contribution in [3.63, 3.8) is 0 Å². The van der Waals surface area contributed by atoms with Crippen LogP contribution in [0.5, 0.6) is 11.5 Å². The molecular formula is C33H32N2O3S. The van der Waals surface area contributed by atoms with Crippen LogP contribution in [0.2, 0.25) is 0 Å². The van der Waals surface area contributed by atoms with Gasteiger partial charge in [0, 0.05) is 12.1 Å². The van der Waals surface area contributed by atoms with Gasteiger partial charge >= 0.3 is 0 Å². The number of amidine groups is 1. The minimum Gasteiger partial charge on any atom is -0.493 e. The number of para-hydroxylation sites is 1. The van der Waals surface area contributed by atoms with E-state index in [1.165, 1.54) is 22.7 Å². The quantitative estimate of drug-likeness (QED) is 0.203. The molecule has 1 aliphatic rings. The number of benzene rings is 4. The largest absolute Gasteiger partial charge is 0.493 e. The standard InChI is InChI=1S/C33H32N2O3S/c1-4-5-20-35-32(36)30(39-33(35)34-27-18-16-23(2)17-19-27)21-25-12-9-15-29(37-3)31(25)38-22-26-13-8-11-24-10-6-7-14-28(24)26/h6-19,21H,4-5,20,22H2,1-3H3/b30-21+,34-33?. The molecule has 0 atom stereocenters. The number of amides is 1. The molecule has 198 valence electrons. The fourth-order valence-corrected chi connectivity index (χ4v) is 5.52. The fraction of sp³-hybridized carbons (Fsp3) is 0.212. The Hall–Kier alpha value is -4.03. The van der Waals surface area contributed by atoms with Crippen molar-refractivity contribution in [2.75, 3.05) is 13.7 Å². The van der Waals surface area contributed by atoms with E-state index >= 15 is 0 Å². The average Bonchev–Trinajstić information content (AvgIpc) is 3.25. The molecule has 0 saturated carbocycles. The molecule has 1 heterocycles. The summed E-state index contributed by atoms with van der Waals surface area (Å²) in [5.74, 6) is 1.19. The molecule has 39 heavy (non-hydrogen) atoms. The Bertz CT molecular complexity index is 1540. The number of carbonyl (C=O) groups is 1. The molecule has 4 aromatic carbocycles. The topological polar surface area (TPSA) is 51.1 Å². The molecule has 0 aliphatic carbocycles. The summed E-state index contributed by atoms with van der Waals surface area (Å²) >= 11 is 1.40. The minimum atomic E-state index is -0.0397. The van der Waals surface area contributed by atoms with Crippen molar-refractivity contribution in [2.45, 2.75) is 33.3 Å². The summed E-state index contributed by atoms with van der Waals surface area (Å²) in [6, 6.07) is 28.3. The second-order valence-corrected chi connectivity index (χ2v) is 10.5. The van der Waals surface area contributed by atoms with Gasteiger partial charge in [-0.2, -0.15) is 0 Å². The van der Waals surface area contributed by atoms with E-state index in [9.17, 15) is 4.79 Å². The molecule has 0 radical (unpaired) electrons. The van der Waals surface area contributed by atoms with Gasteiger partial charge in [0.2, 0.25) is 0 Å². The van der Waals surface area contributed by atoms with Gasteiger partial charge in [-0.05, 0) is 65.7 Å². The summed E-state index contributed by atoms with van der Waals surface area (Å²) in [6.45, 7) is 5.18. The van der Waals surface area contributed by atoms with Crippen LogP contribution in [0.25, 0.3) is 16.8 Å². The number of hydrogen-bond donors (Lipinski definition) is 0. The third-order valence-electron chi connectivity index (χ3n) is 6.65. The summed E-state index contributed by atoms with van der Waals surface area (Å²) in [5.41, 5.74) is 3.88. The molecule has 1 fully saturated rings. The predicted molar refractivity (Wildman–Crippen MR) is 162 cm³/mol. The first-order valence-corrected chi connectivity index (χ1v) is 14.0. The highest BCUT2D eigenvalue weighted by atomic mass is 32.2. The fourth-order valence-electron chi connectivity index (χ4n) is 4.51. The van der Waals surface area contributed by atoms with Gasteiger partial charge in [-0.15, -0.1) is 0 Å². The van der Waals surface area contributed by atoms with E-state index in [4.69, 9.17) is 14.5 Å². The number of aliphatic imine (C=N–C) groups is 1. The van der Waals surface area contributed by atoms with Gasteiger partial charge in [0.15, 0.2) is 16.7 Å². The molecule has 0 aromatic heterocycles. The SMILES string of the molecule is CCCCN1C(=O)/C(=C\c2cccc(OC)c2OCc2cccc3ccccc23)SC1=Nc1ccc(C)cc1. The summed E-state index contributed by atoms with van der Waals surface area (Å²) in [5, 5.41) is 3.02. The number of hydrogen-bond acceptors (Lipinski definition) is 5. The van der Waals surface area contributed by atoms with E-state index in [2.05, 4.69) is 31.2 Å². The normalized spacial score (nSPS) is 15.5. The lowest BCUT2D eigenvalue weighted by molar-refractivity contribution is -0.122. The highest BCUT2D eigenvalue weighted by Crippen LogP contribution is 2.39. The van der Waals surface area contributed by atoms with Gasteiger partial charge in [-0.1, -0.05) is 85.6 Å². The van der Waals surface area contributed by atoms with Crippen molar-refractivity contribution in [3.05, 3.63) is 107 Å². The van der Waals surface area contributed by atoms with Crippen molar-refractivity contribution in [2.24, 2.45) is 4.99 Å². The molecule has 1 amide bonds. The average molecular weight is 537 g/mol. The Morgan fingerprint density at radius 3 is 2.51 bits per heavy atom. The zero-order valence-corrected chi connectivity index (χ0v) is 23.3. The Morgan fingerprint density at radius 2 is 1.72 bits per heavy atom. The molecule has 5 nitrogen and oxygen atoms in total.